The number of nitrogens with one attached hydrogen (secondary N) is 4. The first-order chi connectivity index (χ1) is 13.9. The summed E-state index contributed by atoms with van der Waals surface area (Å²) in [5, 5.41) is 11.9. The van der Waals surface area contributed by atoms with Gasteiger partial charge in [-0.1, -0.05) is 43.3 Å². The maximum Gasteiger partial charge on any atom is 0.319 e. The van der Waals surface area contributed by atoms with E-state index in [0.717, 1.165) is 28.7 Å². The van der Waals surface area contributed by atoms with Gasteiger partial charge < -0.3 is 21.3 Å². The van der Waals surface area contributed by atoms with Gasteiger partial charge in [0.1, 0.15) is 0 Å². The van der Waals surface area contributed by atoms with Crippen molar-refractivity contribution in [3.05, 3.63) is 76.0 Å². The van der Waals surface area contributed by atoms with Gasteiger partial charge in [-0.2, -0.15) is 0 Å². The van der Waals surface area contributed by atoms with Gasteiger partial charge in [-0.25, -0.2) is 9.59 Å². The van der Waals surface area contributed by atoms with Crippen LogP contribution < -0.4 is 21.3 Å². The molecule has 1 aliphatic rings. The molecule has 0 spiro atoms. The number of rotatable bonds is 6. The third-order valence-corrected chi connectivity index (χ3v) is 5.40. The van der Waals surface area contributed by atoms with Crippen LogP contribution in [-0.4, -0.2) is 18.1 Å². The van der Waals surface area contributed by atoms with Gasteiger partial charge in [0.25, 0.3) is 0 Å². The van der Waals surface area contributed by atoms with Gasteiger partial charge in [0.2, 0.25) is 0 Å². The Kier molecular flexibility index (Phi) is 6.44. The van der Waals surface area contributed by atoms with Crippen molar-refractivity contribution in [3.63, 3.8) is 0 Å². The van der Waals surface area contributed by atoms with Crippen LogP contribution in [0.3, 0.4) is 0 Å². The first-order valence-corrected chi connectivity index (χ1v) is 9.92. The van der Waals surface area contributed by atoms with E-state index >= 15 is 0 Å². The molecule has 1 saturated heterocycles. The van der Waals surface area contributed by atoms with Crippen LogP contribution in [-0.2, 0) is 19.4 Å². The molecule has 2 aromatic rings. The first-order valence-electron chi connectivity index (χ1n) is 9.54. The molecule has 29 heavy (non-hydrogen) atoms. The molecule has 1 atom stereocenters. The molecule has 7 heteroatoms. The van der Waals surface area contributed by atoms with Crippen molar-refractivity contribution in [2.45, 2.75) is 39.3 Å². The van der Waals surface area contributed by atoms with E-state index in [1.165, 1.54) is 0 Å². The summed E-state index contributed by atoms with van der Waals surface area (Å²) in [5.41, 5.74) is 5.55. The number of benzene rings is 2. The van der Waals surface area contributed by atoms with E-state index in [4.69, 9.17) is 11.6 Å². The van der Waals surface area contributed by atoms with Gasteiger partial charge in [0.15, 0.2) is 0 Å². The Morgan fingerprint density at radius 1 is 1.24 bits per heavy atom. The van der Waals surface area contributed by atoms with E-state index in [2.05, 4.69) is 34.8 Å². The summed E-state index contributed by atoms with van der Waals surface area (Å²) in [5.74, 6) is 0. The fraction of sp³-hybridized carbons (Fsp3) is 0.273. The van der Waals surface area contributed by atoms with E-state index in [0.29, 0.717) is 29.4 Å². The molecule has 4 amide bonds. The quantitative estimate of drug-likeness (QED) is 0.571. The Balaban J connectivity index is 1.63. The molecule has 2 aromatic carbocycles. The highest BCUT2D eigenvalue weighted by atomic mass is 35.5. The van der Waals surface area contributed by atoms with Gasteiger partial charge in [-0.3, -0.25) is 0 Å². The van der Waals surface area contributed by atoms with Gasteiger partial charge >= 0.3 is 12.1 Å². The molecular formula is C22H25ClN4O2. The van der Waals surface area contributed by atoms with Crippen LogP contribution in [0.2, 0.25) is 5.02 Å². The van der Waals surface area contributed by atoms with Gasteiger partial charge in [-0.05, 0) is 60.2 Å². The molecule has 6 nitrogen and oxygen atoms in total. The molecule has 0 aromatic heterocycles. The lowest BCUT2D eigenvalue weighted by molar-refractivity contribution is 0.247. The van der Waals surface area contributed by atoms with Crippen molar-refractivity contribution >= 4 is 29.4 Å². The number of carbonyl (C=O) groups excluding carboxylic acids is 2. The van der Waals surface area contributed by atoms with Crippen molar-refractivity contribution in [3.8, 4) is 0 Å². The largest absolute Gasteiger partial charge is 0.334 e. The smallest absolute Gasteiger partial charge is 0.319 e. The highest BCUT2D eigenvalue weighted by Crippen LogP contribution is 2.21. The van der Waals surface area contributed by atoms with Crippen LogP contribution in [0.25, 0.3) is 0 Å². The fourth-order valence-corrected chi connectivity index (χ4v) is 3.66. The lowest BCUT2D eigenvalue weighted by Crippen LogP contribution is -2.29. The third-order valence-electron chi connectivity index (χ3n) is 5.05. The molecule has 0 saturated carbocycles. The second-order valence-corrected chi connectivity index (χ2v) is 7.47. The molecule has 1 fully saturated rings. The van der Waals surface area contributed by atoms with Gasteiger partial charge in [0.05, 0.1) is 6.04 Å². The highest BCUT2D eigenvalue weighted by molar-refractivity contribution is 6.31. The predicted molar refractivity (Wildman–Crippen MR) is 116 cm³/mol. The molecule has 1 heterocycles. The minimum atomic E-state index is -0.292. The summed E-state index contributed by atoms with van der Waals surface area (Å²) in [6.07, 6.45) is 1.46. The maximum absolute atomic E-state index is 12.3. The van der Waals surface area contributed by atoms with Crippen LogP contribution >= 0.6 is 11.6 Å². The molecule has 0 radical (unpaired) electrons. The molecule has 0 aliphatic carbocycles. The van der Waals surface area contributed by atoms with E-state index in [1.807, 2.05) is 43.3 Å². The van der Waals surface area contributed by atoms with E-state index in [-0.39, 0.29) is 18.1 Å². The maximum atomic E-state index is 12.3. The second-order valence-electron chi connectivity index (χ2n) is 7.06. The van der Waals surface area contributed by atoms with Crippen LogP contribution in [0.5, 0.6) is 0 Å². The topological polar surface area (TPSA) is 82.3 Å². The molecule has 152 valence electrons. The molecule has 1 unspecified atom stereocenters. The van der Waals surface area contributed by atoms with Crippen LogP contribution in [0.15, 0.2) is 48.7 Å². The van der Waals surface area contributed by atoms with Crippen LogP contribution in [0, 0.1) is 6.92 Å². The van der Waals surface area contributed by atoms with Crippen LogP contribution in [0.4, 0.5) is 15.3 Å². The Morgan fingerprint density at radius 3 is 2.69 bits per heavy atom. The predicted octanol–water partition coefficient (Wildman–Crippen LogP) is 4.27. The summed E-state index contributed by atoms with van der Waals surface area (Å²) in [6.45, 7) is 8.26. The standard InChI is InChI=1S/C22H25ClN4O2/c1-4-15-10-17(9-8-16(15)11-20-14(3)25-22(29)27-20)26-21(28)24-12-18-13(2)6-5-7-19(18)23/h5-10,20H,3-4,11-12H2,1-2H3,(H2,24,26,28)(H2,25,27,29). The summed E-state index contributed by atoms with van der Waals surface area (Å²) < 4.78 is 0. The minimum absolute atomic E-state index is 0.131. The normalized spacial score (nSPS) is 15.6. The third kappa shape index (κ3) is 5.09. The lowest BCUT2D eigenvalue weighted by Gasteiger charge is -2.16. The van der Waals surface area contributed by atoms with E-state index < -0.39 is 0 Å². The van der Waals surface area contributed by atoms with E-state index in [9.17, 15) is 9.59 Å². The lowest BCUT2D eigenvalue weighted by atomic mass is 9.97. The van der Waals surface area contributed by atoms with Crippen LogP contribution in [0.1, 0.15) is 29.2 Å². The number of hydrogen-bond acceptors (Lipinski definition) is 2. The zero-order valence-corrected chi connectivity index (χ0v) is 17.3. The zero-order valence-electron chi connectivity index (χ0n) is 16.6. The Morgan fingerprint density at radius 2 is 2.03 bits per heavy atom. The number of anilines is 1. The number of urea groups is 2. The van der Waals surface area contributed by atoms with Crippen molar-refractivity contribution in [2.75, 3.05) is 5.32 Å². The van der Waals surface area contributed by atoms with E-state index in [1.54, 1.807) is 0 Å². The Labute approximate surface area is 175 Å². The molecule has 3 rings (SSSR count). The first kappa shape index (κ1) is 20.7. The number of halogens is 1. The average Bonchev–Trinajstić information content (AvgIpc) is 2.99. The molecule has 1 aliphatic heterocycles. The fourth-order valence-electron chi connectivity index (χ4n) is 3.37. The summed E-state index contributed by atoms with van der Waals surface area (Å²) in [7, 11) is 0. The zero-order chi connectivity index (χ0) is 21.0. The Hall–Kier alpha value is -2.99. The van der Waals surface area contributed by atoms with Crippen molar-refractivity contribution in [1.82, 2.24) is 16.0 Å². The summed E-state index contributed by atoms with van der Waals surface area (Å²) in [6, 6.07) is 10.8. The highest BCUT2D eigenvalue weighted by Gasteiger charge is 2.25. The summed E-state index contributed by atoms with van der Waals surface area (Å²) >= 11 is 6.21. The molecule has 0 bridgehead atoms. The monoisotopic (exact) mass is 412 g/mol. The molecule has 4 N–H and O–H groups in total. The van der Waals surface area contributed by atoms with Crippen molar-refractivity contribution < 1.29 is 9.59 Å². The molecular weight excluding hydrogens is 388 g/mol. The number of aryl methyl sites for hydroxylation is 2. The number of hydrogen-bond donors (Lipinski definition) is 4. The minimum Gasteiger partial charge on any atom is -0.334 e. The average molecular weight is 413 g/mol. The van der Waals surface area contributed by atoms with Gasteiger partial charge in [-0.15, -0.1) is 0 Å². The Bertz CT molecular complexity index is 938. The van der Waals surface area contributed by atoms with Crippen molar-refractivity contribution in [2.24, 2.45) is 0 Å². The number of carbonyl (C=O) groups is 2. The van der Waals surface area contributed by atoms with Crippen molar-refractivity contribution in [1.29, 1.82) is 0 Å². The second kappa shape index (κ2) is 9.01. The SMILES string of the molecule is C=C1NC(=O)NC1Cc1ccc(NC(=O)NCc2c(C)cccc2Cl)cc1CC. The summed E-state index contributed by atoms with van der Waals surface area (Å²) in [4.78, 5) is 23.8. The number of amides is 4. The van der Waals surface area contributed by atoms with Gasteiger partial charge in [0, 0.05) is 23.0 Å².